The van der Waals surface area contributed by atoms with Crippen LogP contribution < -0.4 is 20.5 Å². The number of anilines is 2. The fraction of sp³-hybridized carbons (Fsp3) is 0.0455. The second kappa shape index (κ2) is 9.10. The number of benzene rings is 3. The van der Waals surface area contributed by atoms with E-state index in [4.69, 9.17) is 9.88 Å². The second-order valence-electron chi connectivity index (χ2n) is 6.89. The Morgan fingerprint density at radius 1 is 0.970 bits per heavy atom. The molecular weight excluding hydrogens is 444 g/mol. The van der Waals surface area contributed by atoms with Gasteiger partial charge in [-0.25, -0.2) is 23.0 Å². The number of nitrogens with one attached hydrogen (secondary N) is 2. The normalized spacial score (nSPS) is 11.1. The zero-order valence-corrected chi connectivity index (χ0v) is 18.3. The number of primary sulfonamides is 1. The third-order valence-electron chi connectivity index (χ3n) is 4.58. The van der Waals surface area contributed by atoms with Gasteiger partial charge in [0.1, 0.15) is 5.75 Å². The number of hydrogen-bond acceptors (Lipinski definition) is 6. The maximum absolute atomic E-state index is 12.5. The summed E-state index contributed by atoms with van der Waals surface area (Å²) >= 11 is 0. The van der Waals surface area contributed by atoms with Gasteiger partial charge in [0.15, 0.2) is 5.82 Å². The standard InChI is InChI=1S/C22H20N6O4S/c1-32-18-11-6-10-17(14-18)28-20(15-7-3-2-4-8-15)25-21(27-28)26-22(29)24-16-9-5-12-19(13-16)33(23,30)31/h2-14H,1H3,(H2,23,30,31)(H2,24,26,27,29). The molecule has 0 saturated heterocycles. The van der Waals surface area contributed by atoms with Crippen molar-refractivity contribution in [2.24, 2.45) is 5.14 Å². The summed E-state index contributed by atoms with van der Waals surface area (Å²) in [5.41, 5.74) is 1.73. The molecule has 4 aromatic rings. The van der Waals surface area contributed by atoms with Crippen LogP contribution >= 0.6 is 0 Å². The molecule has 0 saturated carbocycles. The molecule has 33 heavy (non-hydrogen) atoms. The molecule has 0 unspecified atom stereocenters. The van der Waals surface area contributed by atoms with Crippen LogP contribution in [-0.4, -0.2) is 36.3 Å². The number of carbonyl (C=O) groups excluding carboxylic acids is 1. The fourth-order valence-electron chi connectivity index (χ4n) is 3.08. The van der Waals surface area contributed by atoms with E-state index in [1.807, 2.05) is 48.5 Å². The van der Waals surface area contributed by atoms with E-state index in [1.165, 1.54) is 24.3 Å². The Hall–Kier alpha value is -4.22. The Bertz CT molecular complexity index is 1400. The summed E-state index contributed by atoms with van der Waals surface area (Å²) in [6.07, 6.45) is 0. The van der Waals surface area contributed by atoms with Gasteiger partial charge < -0.3 is 10.1 Å². The van der Waals surface area contributed by atoms with Gasteiger partial charge in [0.25, 0.3) is 5.95 Å². The summed E-state index contributed by atoms with van der Waals surface area (Å²) in [6.45, 7) is 0. The molecule has 168 valence electrons. The Morgan fingerprint density at radius 3 is 2.45 bits per heavy atom. The summed E-state index contributed by atoms with van der Waals surface area (Å²) in [6, 6.07) is 21.6. The Balaban J connectivity index is 1.63. The van der Waals surface area contributed by atoms with Crippen molar-refractivity contribution in [1.82, 2.24) is 14.8 Å². The molecule has 0 fully saturated rings. The van der Waals surface area contributed by atoms with Crippen molar-refractivity contribution in [3.05, 3.63) is 78.9 Å². The predicted molar refractivity (Wildman–Crippen MR) is 124 cm³/mol. The van der Waals surface area contributed by atoms with Crippen molar-refractivity contribution >= 4 is 27.7 Å². The summed E-state index contributed by atoms with van der Waals surface area (Å²) in [7, 11) is -2.33. The highest BCUT2D eigenvalue weighted by molar-refractivity contribution is 7.89. The first-order valence-corrected chi connectivity index (χ1v) is 11.3. The van der Waals surface area contributed by atoms with Crippen LogP contribution in [0.25, 0.3) is 17.1 Å². The summed E-state index contributed by atoms with van der Waals surface area (Å²) in [4.78, 5) is 16.9. The number of ether oxygens (including phenoxy) is 1. The minimum Gasteiger partial charge on any atom is -0.497 e. The van der Waals surface area contributed by atoms with Crippen molar-refractivity contribution < 1.29 is 17.9 Å². The number of carbonyl (C=O) groups is 1. The van der Waals surface area contributed by atoms with Gasteiger partial charge in [0.05, 0.1) is 17.7 Å². The number of methoxy groups -OCH3 is 1. The van der Waals surface area contributed by atoms with Gasteiger partial charge in [0, 0.05) is 17.3 Å². The van der Waals surface area contributed by atoms with E-state index < -0.39 is 16.1 Å². The molecule has 4 rings (SSSR count). The first kappa shape index (κ1) is 22.0. The third kappa shape index (κ3) is 5.17. The van der Waals surface area contributed by atoms with Gasteiger partial charge in [-0.2, -0.15) is 4.98 Å². The third-order valence-corrected chi connectivity index (χ3v) is 5.49. The highest BCUT2D eigenvalue weighted by Crippen LogP contribution is 2.25. The van der Waals surface area contributed by atoms with E-state index in [2.05, 4.69) is 20.7 Å². The predicted octanol–water partition coefficient (Wildman–Crippen LogP) is 3.23. The molecular formula is C22H20N6O4S. The number of hydrogen-bond donors (Lipinski definition) is 3. The zero-order valence-electron chi connectivity index (χ0n) is 17.5. The minimum atomic E-state index is -3.90. The first-order chi connectivity index (χ1) is 15.8. The van der Waals surface area contributed by atoms with Gasteiger partial charge in [-0.3, -0.25) is 5.32 Å². The largest absolute Gasteiger partial charge is 0.497 e. The molecule has 0 aliphatic carbocycles. The quantitative estimate of drug-likeness (QED) is 0.400. The van der Waals surface area contributed by atoms with Crippen LogP contribution in [0.4, 0.5) is 16.4 Å². The fourth-order valence-corrected chi connectivity index (χ4v) is 3.64. The molecule has 3 aromatic carbocycles. The molecule has 4 N–H and O–H groups in total. The molecule has 11 heteroatoms. The maximum Gasteiger partial charge on any atom is 0.326 e. The Labute approximate surface area is 190 Å². The average molecular weight is 465 g/mol. The lowest BCUT2D eigenvalue weighted by atomic mass is 10.2. The summed E-state index contributed by atoms with van der Waals surface area (Å²) in [5.74, 6) is 1.20. The highest BCUT2D eigenvalue weighted by Gasteiger charge is 2.16. The second-order valence-corrected chi connectivity index (χ2v) is 8.45. The topological polar surface area (TPSA) is 141 Å². The maximum atomic E-state index is 12.5. The van der Waals surface area contributed by atoms with Crippen LogP contribution in [0.5, 0.6) is 5.75 Å². The number of nitrogens with two attached hydrogens (primary N) is 1. The van der Waals surface area contributed by atoms with Crippen molar-refractivity contribution in [3.8, 4) is 22.8 Å². The first-order valence-electron chi connectivity index (χ1n) is 9.71. The molecule has 0 bridgehead atoms. The molecule has 0 radical (unpaired) electrons. The van der Waals surface area contributed by atoms with Gasteiger partial charge >= 0.3 is 6.03 Å². The van der Waals surface area contributed by atoms with E-state index in [1.54, 1.807) is 17.9 Å². The van der Waals surface area contributed by atoms with Crippen molar-refractivity contribution in [1.29, 1.82) is 0 Å². The zero-order chi connectivity index (χ0) is 23.4. The van der Waals surface area contributed by atoms with Gasteiger partial charge in [-0.15, -0.1) is 5.10 Å². The van der Waals surface area contributed by atoms with Gasteiger partial charge in [-0.1, -0.05) is 42.5 Å². The van der Waals surface area contributed by atoms with E-state index in [-0.39, 0.29) is 16.5 Å². The van der Waals surface area contributed by atoms with E-state index in [0.29, 0.717) is 17.3 Å². The van der Waals surface area contributed by atoms with Crippen LogP contribution in [-0.2, 0) is 10.0 Å². The van der Waals surface area contributed by atoms with E-state index in [0.717, 1.165) is 5.56 Å². The summed E-state index contributed by atoms with van der Waals surface area (Å²) in [5, 5.41) is 14.7. The lowest BCUT2D eigenvalue weighted by molar-refractivity contribution is 0.262. The number of sulfonamides is 1. The van der Waals surface area contributed by atoms with Crippen LogP contribution in [0.1, 0.15) is 0 Å². The Morgan fingerprint density at radius 2 is 1.73 bits per heavy atom. The smallest absolute Gasteiger partial charge is 0.326 e. The van der Waals surface area contributed by atoms with E-state index >= 15 is 0 Å². The number of amides is 2. The SMILES string of the molecule is COc1cccc(-n2nc(NC(=O)Nc3cccc(S(N)(=O)=O)c3)nc2-c2ccccc2)c1. The van der Waals surface area contributed by atoms with Crippen LogP contribution in [0.3, 0.4) is 0 Å². The van der Waals surface area contributed by atoms with Crippen LogP contribution in [0, 0.1) is 0 Å². The number of urea groups is 1. The minimum absolute atomic E-state index is 0.0526. The highest BCUT2D eigenvalue weighted by atomic mass is 32.2. The number of aromatic nitrogens is 3. The lowest BCUT2D eigenvalue weighted by Gasteiger charge is -2.07. The molecule has 0 atom stereocenters. The molecule has 2 amide bonds. The lowest BCUT2D eigenvalue weighted by Crippen LogP contribution is -2.21. The van der Waals surface area contributed by atoms with Crippen molar-refractivity contribution in [3.63, 3.8) is 0 Å². The summed E-state index contributed by atoms with van der Waals surface area (Å²) < 4.78 is 30.0. The molecule has 0 aliphatic heterocycles. The molecule has 10 nitrogen and oxygen atoms in total. The van der Waals surface area contributed by atoms with Gasteiger partial charge in [-0.05, 0) is 30.3 Å². The molecule has 0 aliphatic rings. The Kier molecular flexibility index (Phi) is 6.07. The van der Waals surface area contributed by atoms with Crippen molar-refractivity contribution in [2.45, 2.75) is 4.90 Å². The monoisotopic (exact) mass is 464 g/mol. The number of nitrogens with zero attached hydrogens (tertiary/aromatic N) is 3. The van der Waals surface area contributed by atoms with E-state index in [9.17, 15) is 13.2 Å². The molecule has 1 aromatic heterocycles. The van der Waals surface area contributed by atoms with Crippen LogP contribution in [0.2, 0.25) is 0 Å². The number of rotatable bonds is 6. The average Bonchev–Trinajstić information content (AvgIpc) is 3.23. The van der Waals surface area contributed by atoms with Crippen LogP contribution in [0.15, 0.2) is 83.8 Å². The molecule has 1 heterocycles. The molecule has 0 spiro atoms. The van der Waals surface area contributed by atoms with Crippen molar-refractivity contribution in [2.75, 3.05) is 17.7 Å². The van der Waals surface area contributed by atoms with Gasteiger partial charge in [0.2, 0.25) is 10.0 Å².